The fourth-order valence-corrected chi connectivity index (χ4v) is 2.77. The van der Waals surface area contributed by atoms with Crippen LogP contribution in [0.5, 0.6) is 0 Å². The minimum atomic E-state index is -0.619. The maximum atomic E-state index is 11.7. The first kappa shape index (κ1) is 15.9. The number of allylic oxidation sites excluding steroid dienone is 1. The molecule has 0 saturated carbocycles. The van der Waals surface area contributed by atoms with Crippen molar-refractivity contribution in [2.75, 3.05) is 11.2 Å². The third-order valence-electron chi connectivity index (χ3n) is 2.23. The Morgan fingerprint density at radius 1 is 1.58 bits per heavy atom. The number of nitrogens with zero attached hydrogens (tertiary/aromatic N) is 1. The van der Waals surface area contributed by atoms with Gasteiger partial charge in [-0.25, -0.2) is 0 Å². The van der Waals surface area contributed by atoms with Gasteiger partial charge in [-0.1, -0.05) is 17.4 Å². The molecule has 0 aliphatic heterocycles. The van der Waals surface area contributed by atoms with Gasteiger partial charge in [0, 0.05) is 18.8 Å². The van der Waals surface area contributed by atoms with E-state index >= 15 is 0 Å². The number of hydrogen-bond acceptors (Lipinski definition) is 4. The number of rotatable bonds is 7. The molecule has 0 aliphatic carbocycles. The summed E-state index contributed by atoms with van der Waals surface area (Å²) in [5.74, 6) is -0.110. The second kappa shape index (κ2) is 7.42. The summed E-state index contributed by atoms with van der Waals surface area (Å²) in [6.45, 7) is 4.01. The van der Waals surface area contributed by atoms with Gasteiger partial charge < -0.3 is 15.6 Å². The summed E-state index contributed by atoms with van der Waals surface area (Å²) >= 11 is 11.7. The molecule has 1 heterocycles. The van der Waals surface area contributed by atoms with E-state index in [2.05, 4.69) is 11.9 Å². The molecule has 0 fully saturated rings. The lowest BCUT2D eigenvalue weighted by Gasteiger charge is -2.09. The molecule has 0 aromatic carbocycles. The Morgan fingerprint density at radius 2 is 2.26 bits per heavy atom. The molecule has 0 bridgehead atoms. The van der Waals surface area contributed by atoms with Crippen LogP contribution in [0.1, 0.15) is 22.5 Å². The second-order valence-electron chi connectivity index (χ2n) is 3.65. The Morgan fingerprint density at radius 3 is 2.79 bits per heavy atom. The molecule has 19 heavy (non-hydrogen) atoms. The zero-order chi connectivity index (χ0) is 14.4. The Hall–Kier alpha value is -1.18. The van der Waals surface area contributed by atoms with Gasteiger partial charge in [-0.15, -0.1) is 18.2 Å². The summed E-state index contributed by atoms with van der Waals surface area (Å²) in [5.41, 5.74) is 5.28. The Bertz CT molecular complexity index is 551. The fourth-order valence-electron chi connectivity index (χ4n) is 1.41. The van der Waals surface area contributed by atoms with Crippen molar-refractivity contribution in [3.8, 4) is 0 Å². The predicted molar refractivity (Wildman–Crippen MR) is 80.4 cm³/mol. The molecule has 1 rings (SSSR count). The quantitative estimate of drug-likeness (QED) is 0.460. The van der Waals surface area contributed by atoms with Crippen LogP contribution in [0.3, 0.4) is 0 Å². The number of carbonyl (C=O) groups is 2. The molecule has 0 saturated heterocycles. The maximum absolute atomic E-state index is 11.7. The number of thiazole rings is 1. The van der Waals surface area contributed by atoms with E-state index in [1.807, 2.05) is 0 Å². The summed E-state index contributed by atoms with van der Waals surface area (Å²) < 4.78 is 2.08. The van der Waals surface area contributed by atoms with Crippen LogP contribution in [-0.2, 0) is 11.3 Å². The van der Waals surface area contributed by atoms with E-state index in [4.69, 9.17) is 29.6 Å². The van der Waals surface area contributed by atoms with Crippen molar-refractivity contribution in [3.05, 3.63) is 21.5 Å². The van der Waals surface area contributed by atoms with Crippen LogP contribution in [0.25, 0.3) is 0 Å². The normalized spacial score (nSPS) is 10.2. The highest BCUT2D eigenvalue weighted by molar-refractivity contribution is 7.73. The fraction of sp³-hybridized carbons (Fsp3) is 0.364. The summed E-state index contributed by atoms with van der Waals surface area (Å²) in [6, 6.07) is 0. The van der Waals surface area contributed by atoms with Gasteiger partial charge in [-0.3, -0.25) is 9.59 Å². The SMILES string of the molecule is C=CCn1c(NC(=O)CCCCl)c(C(N)=O)sc1=S. The van der Waals surface area contributed by atoms with E-state index in [0.29, 0.717) is 28.6 Å². The molecule has 1 aromatic heterocycles. The smallest absolute Gasteiger partial charge is 0.262 e. The molecule has 0 radical (unpaired) electrons. The van der Waals surface area contributed by atoms with Crippen LogP contribution in [0, 0.1) is 3.95 Å². The topological polar surface area (TPSA) is 77.1 Å². The van der Waals surface area contributed by atoms with Gasteiger partial charge in [-0.05, 0) is 18.6 Å². The Labute approximate surface area is 125 Å². The molecular weight excluding hydrogens is 306 g/mol. The van der Waals surface area contributed by atoms with Gasteiger partial charge in [0.15, 0.2) is 3.95 Å². The summed E-state index contributed by atoms with van der Waals surface area (Å²) in [7, 11) is 0. The number of amides is 2. The lowest BCUT2D eigenvalue weighted by Crippen LogP contribution is -2.19. The number of hydrogen-bond donors (Lipinski definition) is 2. The van der Waals surface area contributed by atoms with Crippen LogP contribution in [0.2, 0.25) is 0 Å². The first-order valence-corrected chi connectivity index (χ1v) is 7.27. The van der Waals surface area contributed by atoms with Crippen molar-refractivity contribution < 1.29 is 9.59 Å². The van der Waals surface area contributed by atoms with Crippen molar-refractivity contribution in [2.24, 2.45) is 5.73 Å². The Kier molecular flexibility index (Phi) is 6.20. The van der Waals surface area contributed by atoms with E-state index in [1.54, 1.807) is 10.6 Å². The Balaban J connectivity index is 3.08. The largest absolute Gasteiger partial charge is 0.365 e. The van der Waals surface area contributed by atoms with E-state index < -0.39 is 5.91 Å². The minimum absolute atomic E-state index is 0.228. The second-order valence-corrected chi connectivity index (χ2v) is 5.67. The van der Waals surface area contributed by atoms with E-state index in [1.165, 1.54) is 0 Å². The van der Waals surface area contributed by atoms with Crippen LogP contribution in [-0.4, -0.2) is 22.3 Å². The number of nitrogens with two attached hydrogens (primary N) is 1. The van der Waals surface area contributed by atoms with Gasteiger partial charge in [-0.2, -0.15) is 0 Å². The van der Waals surface area contributed by atoms with Gasteiger partial charge in [0.25, 0.3) is 5.91 Å². The third-order valence-corrected chi connectivity index (χ3v) is 3.96. The van der Waals surface area contributed by atoms with Crippen molar-refractivity contribution in [2.45, 2.75) is 19.4 Å². The zero-order valence-electron chi connectivity index (χ0n) is 10.1. The van der Waals surface area contributed by atoms with Gasteiger partial charge in [0.1, 0.15) is 10.7 Å². The van der Waals surface area contributed by atoms with Gasteiger partial charge in [0.2, 0.25) is 5.91 Å². The van der Waals surface area contributed by atoms with Crippen molar-refractivity contribution >= 4 is 52.8 Å². The maximum Gasteiger partial charge on any atom is 0.262 e. The van der Waals surface area contributed by atoms with E-state index in [9.17, 15) is 9.59 Å². The van der Waals surface area contributed by atoms with Crippen molar-refractivity contribution in [1.29, 1.82) is 0 Å². The number of nitrogens with one attached hydrogen (secondary N) is 1. The van der Waals surface area contributed by atoms with Crippen LogP contribution < -0.4 is 11.1 Å². The number of carbonyl (C=O) groups excluding carboxylic acids is 2. The number of halogens is 1. The highest BCUT2D eigenvalue weighted by atomic mass is 35.5. The molecule has 1 aromatic rings. The third kappa shape index (κ3) is 4.15. The summed E-state index contributed by atoms with van der Waals surface area (Å²) in [4.78, 5) is 23.3. The first-order valence-electron chi connectivity index (χ1n) is 5.51. The number of aromatic nitrogens is 1. The molecular formula is C11H14ClN3O2S2. The summed E-state index contributed by atoms with van der Waals surface area (Å²) in [5, 5.41) is 2.66. The van der Waals surface area contributed by atoms with Crippen molar-refractivity contribution in [1.82, 2.24) is 4.57 Å². The van der Waals surface area contributed by atoms with E-state index in [0.717, 1.165) is 11.3 Å². The van der Waals surface area contributed by atoms with E-state index in [-0.39, 0.29) is 17.2 Å². The minimum Gasteiger partial charge on any atom is -0.365 e. The molecule has 0 spiro atoms. The average molecular weight is 320 g/mol. The predicted octanol–water partition coefficient (Wildman–Crippen LogP) is 2.52. The monoisotopic (exact) mass is 319 g/mol. The molecule has 2 amide bonds. The van der Waals surface area contributed by atoms with Gasteiger partial charge in [0.05, 0.1) is 0 Å². The van der Waals surface area contributed by atoms with Crippen molar-refractivity contribution in [3.63, 3.8) is 0 Å². The lowest BCUT2D eigenvalue weighted by atomic mass is 10.3. The first-order chi connectivity index (χ1) is 9.01. The number of alkyl halides is 1. The standard InChI is InChI=1S/C11H14ClN3O2S2/c1-2-6-15-10(14-7(16)4-3-5-12)8(9(13)17)19-11(15)18/h2H,1,3-6H2,(H2,13,17)(H,14,16). The molecule has 0 atom stereocenters. The molecule has 0 aliphatic rings. The zero-order valence-corrected chi connectivity index (χ0v) is 12.5. The molecule has 3 N–H and O–H groups in total. The number of primary amides is 1. The number of anilines is 1. The molecule has 0 unspecified atom stereocenters. The summed E-state index contributed by atoms with van der Waals surface area (Å²) in [6.07, 6.45) is 2.46. The highest BCUT2D eigenvalue weighted by Crippen LogP contribution is 2.25. The van der Waals surface area contributed by atoms with Gasteiger partial charge >= 0.3 is 0 Å². The van der Waals surface area contributed by atoms with Crippen LogP contribution in [0.15, 0.2) is 12.7 Å². The van der Waals surface area contributed by atoms with Crippen LogP contribution in [0.4, 0.5) is 5.82 Å². The lowest BCUT2D eigenvalue weighted by molar-refractivity contribution is -0.116. The molecule has 5 nitrogen and oxygen atoms in total. The van der Waals surface area contributed by atoms with Crippen LogP contribution >= 0.6 is 35.2 Å². The molecule has 104 valence electrons. The molecule has 8 heteroatoms. The average Bonchev–Trinajstić information content (AvgIpc) is 2.65. The highest BCUT2D eigenvalue weighted by Gasteiger charge is 2.18.